The minimum Gasteiger partial charge on any atom is -0.490 e. The molecule has 4 rings (SSSR count). The van der Waals surface area contributed by atoms with Crippen molar-refractivity contribution in [3.05, 3.63) is 29.9 Å². The highest BCUT2D eigenvalue weighted by Crippen LogP contribution is 2.32. The van der Waals surface area contributed by atoms with E-state index < -0.39 is 10.8 Å². The molecule has 0 radical (unpaired) electrons. The highest BCUT2D eigenvalue weighted by Gasteiger charge is 2.23. The van der Waals surface area contributed by atoms with Gasteiger partial charge in [-0.15, -0.1) is 0 Å². The van der Waals surface area contributed by atoms with E-state index in [1.165, 1.54) is 0 Å². The maximum absolute atomic E-state index is 12.6. The minimum absolute atomic E-state index is 0.215. The quantitative estimate of drug-likeness (QED) is 0.824. The molecular weight excluding hydrogens is 344 g/mol. The largest absolute Gasteiger partial charge is 0.490 e. The molecule has 0 spiro atoms. The summed E-state index contributed by atoms with van der Waals surface area (Å²) >= 11 is 0. The second kappa shape index (κ2) is 7.53. The predicted octanol–water partition coefficient (Wildman–Crippen LogP) is 2.43. The van der Waals surface area contributed by atoms with Crippen molar-refractivity contribution in [1.29, 1.82) is 0 Å². The maximum Gasteiger partial charge on any atom is 0.229 e. The van der Waals surface area contributed by atoms with Crippen LogP contribution >= 0.6 is 0 Å². The van der Waals surface area contributed by atoms with Crippen LogP contribution in [-0.2, 0) is 21.3 Å². The Morgan fingerprint density at radius 3 is 2.72 bits per heavy atom. The van der Waals surface area contributed by atoms with E-state index >= 15 is 0 Å². The van der Waals surface area contributed by atoms with Crippen molar-refractivity contribution in [2.45, 2.75) is 35.8 Å². The van der Waals surface area contributed by atoms with Gasteiger partial charge in [0.1, 0.15) is 0 Å². The summed E-state index contributed by atoms with van der Waals surface area (Å²) in [6.45, 7) is 2.66. The van der Waals surface area contributed by atoms with Crippen molar-refractivity contribution in [2.75, 3.05) is 26.4 Å². The van der Waals surface area contributed by atoms with Crippen LogP contribution in [0.1, 0.15) is 36.9 Å². The van der Waals surface area contributed by atoms with E-state index in [9.17, 15) is 4.21 Å². The third-order valence-electron chi connectivity index (χ3n) is 4.30. The van der Waals surface area contributed by atoms with Crippen LogP contribution in [-0.4, -0.2) is 40.8 Å². The van der Waals surface area contributed by atoms with Gasteiger partial charge in [0.15, 0.2) is 17.3 Å². The monoisotopic (exact) mass is 364 g/mol. The average molecular weight is 364 g/mol. The Kier molecular flexibility index (Phi) is 4.98. The van der Waals surface area contributed by atoms with E-state index in [2.05, 4.69) is 10.1 Å². The Labute approximate surface area is 148 Å². The van der Waals surface area contributed by atoms with Gasteiger partial charge in [-0.3, -0.25) is 4.21 Å². The summed E-state index contributed by atoms with van der Waals surface area (Å²) in [5.41, 5.74) is 0. The van der Waals surface area contributed by atoms with Crippen LogP contribution in [0.15, 0.2) is 27.6 Å². The molecule has 1 aromatic carbocycles. The Hall–Kier alpha value is -1.93. The number of benzene rings is 1. The van der Waals surface area contributed by atoms with Crippen LogP contribution in [0.2, 0.25) is 0 Å². The van der Waals surface area contributed by atoms with E-state index in [4.69, 9.17) is 18.7 Å². The van der Waals surface area contributed by atoms with Crippen LogP contribution in [0.5, 0.6) is 11.5 Å². The van der Waals surface area contributed by atoms with Crippen LogP contribution in [0.3, 0.4) is 0 Å². The number of rotatable bonds is 4. The Balaban J connectivity index is 1.45. The molecule has 25 heavy (non-hydrogen) atoms. The summed E-state index contributed by atoms with van der Waals surface area (Å²) in [5, 5.41) is 3.98. The van der Waals surface area contributed by atoms with E-state index in [1.54, 1.807) is 18.2 Å². The highest BCUT2D eigenvalue weighted by atomic mass is 32.2. The van der Waals surface area contributed by atoms with Gasteiger partial charge in [0.2, 0.25) is 5.89 Å². The molecule has 3 heterocycles. The fourth-order valence-corrected chi connectivity index (χ4v) is 3.90. The van der Waals surface area contributed by atoms with E-state index in [1.807, 2.05) is 0 Å². The number of hydrogen-bond acceptors (Lipinski definition) is 7. The molecule has 1 atom stereocenters. The van der Waals surface area contributed by atoms with Gasteiger partial charge in [-0.2, -0.15) is 4.98 Å². The highest BCUT2D eigenvalue weighted by molar-refractivity contribution is 7.84. The molecule has 0 amide bonds. The van der Waals surface area contributed by atoms with Crippen molar-refractivity contribution in [3.8, 4) is 11.5 Å². The lowest BCUT2D eigenvalue weighted by Crippen LogP contribution is -2.14. The zero-order valence-corrected chi connectivity index (χ0v) is 14.6. The molecule has 134 valence electrons. The normalized spacial score (nSPS) is 19.4. The first-order valence-electron chi connectivity index (χ1n) is 8.48. The van der Waals surface area contributed by atoms with Gasteiger partial charge in [-0.1, -0.05) is 5.16 Å². The number of nitrogens with zero attached hydrogens (tertiary/aromatic N) is 2. The first kappa shape index (κ1) is 16.5. The Morgan fingerprint density at radius 2 is 1.88 bits per heavy atom. The second-order valence-corrected chi connectivity index (χ2v) is 7.54. The average Bonchev–Trinajstić information content (AvgIpc) is 2.98. The van der Waals surface area contributed by atoms with Gasteiger partial charge in [-0.05, 0) is 25.0 Å². The summed E-state index contributed by atoms with van der Waals surface area (Å²) in [5.74, 6) is 2.87. The van der Waals surface area contributed by atoms with Crippen LogP contribution in [0.4, 0.5) is 0 Å². The SMILES string of the molecule is O=S(Cc1noc(C2CCOCC2)n1)c1ccc2c(c1)OCCCO2. The third kappa shape index (κ3) is 3.85. The fourth-order valence-electron chi connectivity index (χ4n) is 2.92. The summed E-state index contributed by atoms with van der Waals surface area (Å²) in [7, 11) is -1.27. The standard InChI is InChI=1S/C17H20N2O5S/c20-25(13-2-3-14-15(10-13)23-7-1-6-22-14)11-16-18-17(24-19-16)12-4-8-21-9-5-12/h2-3,10,12H,1,4-9,11H2. The van der Waals surface area contributed by atoms with Gasteiger partial charge in [0.05, 0.1) is 29.8 Å². The van der Waals surface area contributed by atoms with E-state index in [-0.39, 0.29) is 11.7 Å². The molecule has 0 bridgehead atoms. The van der Waals surface area contributed by atoms with Gasteiger partial charge in [-0.25, -0.2) is 0 Å². The molecule has 0 aliphatic carbocycles. The number of hydrogen-bond donors (Lipinski definition) is 0. The van der Waals surface area contributed by atoms with Gasteiger partial charge >= 0.3 is 0 Å². The lowest BCUT2D eigenvalue weighted by Gasteiger charge is -2.17. The van der Waals surface area contributed by atoms with Crippen molar-refractivity contribution in [2.24, 2.45) is 0 Å². The van der Waals surface area contributed by atoms with Crippen LogP contribution in [0, 0.1) is 0 Å². The lowest BCUT2D eigenvalue weighted by molar-refractivity contribution is 0.0778. The molecule has 1 saturated heterocycles. The Bertz CT molecular complexity index is 757. The van der Waals surface area contributed by atoms with Crippen molar-refractivity contribution < 1.29 is 22.9 Å². The Morgan fingerprint density at radius 1 is 1.08 bits per heavy atom. The molecule has 7 nitrogen and oxygen atoms in total. The number of fused-ring (bicyclic) bond motifs is 1. The summed E-state index contributed by atoms with van der Waals surface area (Å²) in [6, 6.07) is 5.37. The second-order valence-electron chi connectivity index (χ2n) is 6.08. The van der Waals surface area contributed by atoms with Crippen molar-refractivity contribution >= 4 is 10.8 Å². The minimum atomic E-state index is -1.27. The smallest absolute Gasteiger partial charge is 0.229 e. The predicted molar refractivity (Wildman–Crippen MR) is 89.3 cm³/mol. The fraction of sp³-hybridized carbons (Fsp3) is 0.529. The lowest BCUT2D eigenvalue weighted by atomic mass is 10.0. The first-order chi connectivity index (χ1) is 12.3. The first-order valence-corrected chi connectivity index (χ1v) is 9.80. The van der Waals surface area contributed by atoms with E-state index in [0.717, 1.165) is 19.3 Å². The zero-order chi connectivity index (χ0) is 17.1. The molecular formula is C17H20N2O5S. The van der Waals surface area contributed by atoms with Crippen LogP contribution in [0.25, 0.3) is 0 Å². The number of aromatic nitrogens is 2. The molecule has 0 N–H and O–H groups in total. The molecule has 8 heteroatoms. The maximum atomic E-state index is 12.6. The number of ether oxygens (including phenoxy) is 3. The topological polar surface area (TPSA) is 83.7 Å². The summed E-state index contributed by atoms with van der Waals surface area (Å²) in [4.78, 5) is 5.09. The molecule has 2 aliphatic rings. The summed E-state index contributed by atoms with van der Waals surface area (Å²) < 4.78 is 34.6. The third-order valence-corrected chi connectivity index (χ3v) is 5.60. The van der Waals surface area contributed by atoms with Crippen molar-refractivity contribution in [1.82, 2.24) is 10.1 Å². The summed E-state index contributed by atoms with van der Waals surface area (Å²) in [6.07, 6.45) is 2.60. The molecule has 1 aromatic heterocycles. The van der Waals surface area contributed by atoms with Crippen molar-refractivity contribution in [3.63, 3.8) is 0 Å². The molecule has 1 fully saturated rings. The molecule has 2 aromatic rings. The van der Waals surface area contributed by atoms with Crippen LogP contribution < -0.4 is 9.47 Å². The van der Waals surface area contributed by atoms with E-state index in [0.29, 0.717) is 54.5 Å². The van der Waals surface area contributed by atoms with Gasteiger partial charge in [0.25, 0.3) is 0 Å². The van der Waals surface area contributed by atoms with Gasteiger partial charge in [0, 0.05) is 36.5 Å². The molecule has 0 saturated carbocycles. The van der Waals surface area contributed by atoms with Gasteiger partial charge < -0.3 is 18.7 Å². The molecule has 2 aliphatic heterocycles. The zero-order valence-electron chi connectivity index (χ0n) is 13.8. The molecule has 1 unspecified atom stereocenters.